The van der Waals surface area contributed by atoms with Crippen LogP contribution in [0.5, 0.6) is 17.2 Å². The van der Waals surface area contributed by atoms with Gasteiger partial charge in [0.1, 0.15) is 26.4 Å². The van der Waals surface area contributed by atoms with E-state index in [1.807, 2.05) is 0 Å². The first-order valence-electron chi connectivity index (χ1n) is 15.1. The first-order valence-corrected chi connectivity index (χ1v) is 15.1. The molecule has 2 N–H and O–H groups in total. The minimum atomic E-state index is -1.22. The largest absolute Gasteiger partial charge is 0.487 e. The van der Waals surface area contributed by atoms with Crippen LogP contribution in [0.1, 0.15) is 10.4 Å². The number of hydrogen-bond donors (Lipinski definition) is 2. The highest BCUT2D eigenvalue weighted by Crippen LogP contribution is 2.39. The fourth-order valence-corrected chi connectivity index (χ4v) is 3.36. The molecule has 0 aliphatic rings. The molecule has 0 aliphatic carbocycles. The SMILES string of the molecule is [N-]=[N+]=NCCOCCOCCOc1cc(C(=O)NCC(=O)O)cc(OCCOCCOCCN=[N+]=[N-])c1OCCOCCOCCN=[N+]=[N-]. The van der Waals surface area contributed by atoms with E-state index in [1.54, 1.807) is 0 Å². The van der Waals surface area contributed by atoms with Crippen molar-refractivity contribution in [2.45, 2.75) is 0 Å². The Kier molecular flexibility index (Phi) is 26.4. The number of carbonyl (C=O) groups is 2. The van der Waals surface area contributed by atoms with Gasteiger partial charge >= 0.3 is 5.97 Å². The molecule has 0 saturated carbocycles. The second kappa shape index (κ2) is 30.6. The van der Waals surface area contributed by atoms with Gasteiger partial charge in [0.25, 0.3) is 5.91 Å². The Morgan fingerprint density at radius 2 is 0.918 bits per heavy atom. The van der Waals surface area contributed by atoms with Crippen molar-refractivity contribution in [1.82, 2.24) is 5.32 Å². The highest BCUT2D eigenvalue weighted by atomic mass is 16.6. The minimum Gasteiger partial charge on any atom is -0.487 e. The van der Waals surface area contributed by atoms with E-state index in [2.05, 4.69) is 35.4 Å². The van der Waals surface area contributed by atoms with Gasteiger partial charge in [-0.25, -0.2) is 0 Å². The fraction of sp³-hybridized carbons (Fsp3) is 0.704. The van der Waals surface area contributed by atoms with Crippen LogP contribution in [0.25, 0.3) is 31.3 Å². The molecule has 0 saturated heterocycles. The second-order valence-corrected chi connectivity index (χ2v) is 8.96. The van der Waals surface area contributed by atoms with Gasteiger partial charge in [0.15, 0.2) is 11.5 Å². The van der Waals surface area contributed by atoms with Gasteiger partial charge in [0.2, 0.25) is 5.75 Å². The minimum absolute atomic E-state index is 0.0429. The molecule has 1 rings (SSSR count). The number of rotatable bonds is 33. The first kappa shape index (κ1) is 42.3. The van der Waals surface area contributed by atoms with Gasteiger partial charge in [-0.3, -0.25) is 9.59 Å². The normalized spacial score (nSPS) is 10.3. The lowest BCUT2D eigenvalue weighted by atomic mass is 10.1. The average molecular weight is 699 g/mol. The van der Waals surface area contributed by atoms with E-state index in [0.717, 1.165) is 0 Å². The van der Waals surface area contributed by atoms with Gasteiger partial charge < -0.3 is 53.1 Å². The summed E-state index contributed by atoms with van der Waals surface area (Å²) >= 11 is 0. The van der Waals surface area contributed by atoms with Crippen LogP contribution in [0.2, 0.25) is 0 Å². The molecule has 22 heteroatoms. The van der Waals surface area contributed by atoms with Gasteiger partial charge in [-0.1, -0.05) is 15.3 Å². The molecular weight excluding hydrogens is 656 g/mol. The number of ether oxygens (including phenoxy) is 9. The highest BCUT2D eigenvalue weighted by molar-refractivity contribution is 5.97. The van der Waals surface area contributed by atoms with E-state index in [9.17, 15) is 9.59 Å². The number of nitrogens with one attached hydrogen (secondary N) is 1. The molecule has 49 heavy (non-hydrogen) atoms. The van der Waals surface area contributed by atoms with Crippen molar-refractivity contribution in [2.24, 2.45) is 15.3 Å². The maximum Gasteiger partial charge on any atom is 0.322 e. The second-order valence-electron chi connectivity index (χ2n) is 8.96. The maximum atomic E-state index is 12.8. The van der Waals surface area contributed by atoms with Gasteiger partial charge in [0.05, 0.1) is 79.3 Å². The molecule has 0 bridgehead atoms. The van der Waals surface area contributed by atoms with Gasteiger partial charge in [-0.05, 0) is 28.7 Å². The molecule has 0 heterocycles. The van der Waals surface area contributed by atoms with E-state index >= 15 is 0 Å². The number of carboxylic acids is 1. The summed E-state index contributed by atoms with van der Waals surface area (Å²) in [7, 11) is 0. The molecule has 0 spiro atoms. The molecule has 0 unspecified atom stereocenters. The third-order valence-electron chi connectivity index (χ3n) is 5.44. The highest BCUT2D eigenvalue weighted by Gasteiger charge is 2.20. The molecule has 0 aromatic heterocycles. The molecular formula is C27H42N10O12. The lowest BCUT2D eigenvalue weighted by Gasteiger charge is -2.19. The zero-order chi connectivity index (χ0) is 35.6. The van der Waals surface area contributed by atoms with Crippen LogP contribution in [-0.2, 0) is 33.2 Å². The topological polar surface area (TPSA) is 296 Å². The smallest absolute Gasteiger partial charge is 0.322 e. The Bertz CT molecular complexity index is 1170. The predicted molar refractivity (Wildman–Crippen MR) is 170 cm³/mol. The Balaban J connectivity index is 2.89. The lowest BCUT2D eigenvalue weighted by molar-refractivity contribution is -0.135. The molecule has 272 valence electrons. The van der Waals surface area contributed by atoms with Crippen LogP contribution in [0, 0.1) is 0 Å². The average Bonchev–Trinajstić information content (AvgIpc) is 3.10. The quantitative estimate of drug-likeness (QED) is 0.0463. The third-order valence-corrected chi connectivity index (χ3v) is 5.44. The number of carboxylic acid groups (broad SMARTS) is 1. The summed E-state index contributed by atoms with van der Waals surface area (Å²) in [6.45, 7) is 2.99. The number of amides is 1. The molecule has 0 fully saturated rings. The van der Waals surface area contributed by atoms with E-state index in [-0.39, 0.29) is 142 Å². The van der Waals surface area contributed by atoms with Gasteiger partial charge in [0, 0.05) is 39.9 Å². The van der Waals surface area contributed by atoms with Crippen LogP contribution < -0.4 is 19.5 Å². The van der Waals surface area contributed by atoms with Crippen molar-refractivity contribution < 1.29 is 57.3 Å². The van der Waals surface area contributed by atoms with E-state index in [0.29, 0.717) is 0 Å². The maximum absolute atomic E-state index is 12.8. The summed E-state index contributed by atoms with van der Waals surface area (Å²) in [6, 6.07) is 2.78. The Labute approximate surface area is 281 Å². The Hall–Kier alpha value is -4.75. The van der Waals surface area contributed by atoms with Crippen LogP contribution in [0.15, 0.2) is 27.5 Å². The van der Waals surface area contributed by atoms with Crippen LogP contribution >= 0.6 is 0 Å². The van der Waals surface area contributed by atoms with Crippen molar-refractivity contribution in [3.63, 3.8) is 0 Å². The van der Waals surface area contributed by atoms with E-state index in [4.69, 9.17) is 64.3 Å². The molecule has 0 atom stereocenters. The fourth-order valence-electron chi connectivity index (χ4n) is 3.36. The summed E-state index contributed by atoms with van der Waals surface area (Å²) in [5.41, 5.74) is 24.9. The number of benzene rings is 1. The number of carbonyl (C=O) groups excluding carboxylic acids is 1. The molecule has 0 radical (unpaired) electrons. The lowest BCUT2D eigenvalue weighted by Crippen LogP contribution is -2.29. The number of aliphatic carboxylic acids is 1. The zero-order valence-corrected chi connectivity index (χ0v) is 27.1. The number of hydrogen-bond acceptors (Lipinski definition) is 14. The number of nitrogens with zero attached hydrogens (tertiary/aromatic N) is 9. The monoisotopic (exact) mass is 698 g/mol. The van der Waals surface area contributed by atoms with Crippen molar-refractivity contribution in [1.29, 1.82) is 0 Å². The Morgan fingerprint density at radius 1 is 0.571 bits per heavy atom. The Morgan fingerprint density at radius 3 is 1.29 bits per heavy atom. The molecule has 22 nitrogen and oxygen atoms in total. The first-order chi connectivity index (χ1) is 24.0. The summed E-state index contributed by atoms with van der Waals surface area (Å²) in [4.78, 5) is 31.7. The van der Waals surface area contributed by atoms with Crippen molar-refractivity contribution >= 4 is 11.9 Å². The van der Waals surface area contributed by atoms with Crippen molar-refractivity contribution in [2.75, 3.05) is 125 Å². The van der Waals surface area contributed by atoms with Crippen molar-refractivity contribution in [3.8, 4) is 17.2 Å². The molecule has 1 aromatic rings. The van der Waals surface area contributed by atoms with E-state index < -0.39 is 18.4 Å². The van der Waals surface area contributed by atoms with Crippen LogP contribution in [0.4, 0.5) is 0 Å². The molecule has 0 aliphatic heterocycles. The van der Waals surface area contributed by atoms with Gasteiger partial charge in [-0.2, -0.15) is 0 Å². The standard InChI is InChI=1S/C27H42N10O12/c28-35-32-1-4-41-7-10-44-13-16-47-23-19-22(27(40)31-21-25(38)39)20-24(48-17-14-45-11-8-42-5-2-33-36-29)26(23)49-18-15-46-12-9-43-6-3-34-37-30/h19-20H,1-18,21H2,(H,31,40)(H,38,39). The summed E-state index contributed by atoms with van der Waals surface area (Å²) in [5.74, 6) is -1.49. The molecule has 1 amide bonds. The van der Waals surface area contributed by atoms with Gasteiger partial charge in [-0.15, -0.1) is 0 Å². The number of azide groups is 3. The summed E-state index contributed by atoms with van der Waals surface area (Å²) in [6.07, 6.45) is 0. The predicted octanol–water partition coefficient (Wildman–Crippen LogP) is 2.67. The summed E-state index contributed by atoms with van der Waals surface area (Å²) in [5, 5.41) is 21.4. The molecule has 1 aromatic carbocycles. The van der Waals surface area contributed by atoms with Crippen LogP contribution in [0.3, 0.4) is 0 Å². The van der Waals surface area contributed by atoms with E-state index in [1.165, 1.54) is 12.1 Å². The van der Waals surface area contributed by atoms with Crippen molar-refractivity contribution in [3.05, 3.63) is 49.0 Å². The van der Waals surface area contributed by atoms with Crippen LogP contribution in [-0.4, -0.2) is 142 Å². The zero-order valence-electron chi connectivity index (χ0n) is 27.1. The third kappa shape index (κ3) is 23.3. The summed E-state index contributed by atoms with van der Waals surface area (Å²) < 4.78 is 50.2.